The molecule has 1 aliphatic heterocycles. The van der Waals surface area contributed by atoms with Crippen molar-refractivity contribution in [2.75, 3.05) is 0 Å². The average Bonchev–Trinajstić information content (AvgIpc) is 2.66. The lowest BCUT2D eigenvalue weighted by Crippen LogP contribution is -2.02. The quantitative estimate of drug-likeness (QED) is 0.330. The molecule has 0 amide bonds. The molecule has 1 N–H and O–H groups in total. The lowest BCUT2D eigenvalue weighted by Gasteiger charge is -2.17. The normalized spacial score (nSPS) is 10.9. The second kappa shape index (κ2) is 6.66. The van der Waals surface area contributed by atoms with Gasteiger partial charge in [0, 0.05) is 39.8 Å². The van der Waals surface area contributed by atoms with Gasteiger partial charge in [0.1, 0.15) is 22.8 Å². The van der Waals surface area contributed by atoms with Crippen molar-refractivity contribution in [3.05, 3.63) is 70.4 Å². The average molecular weight is 374 g/mol. The van der Waals surface area contributed by atoms with E-state index in [1.54, 1.807) is 30.3 Å². The summed E-state index contributed by atoms with van der Waals surface area (Å²) in [6.07, 6.45) is 0. The SMILES string of the molecule is CC(=O)c1ccc(OC=O)c(-c2c3ccc(=O)cc-3oc3cc(O)ccc23)c1. The monoisotopic (exact) mass is 374 g/mol. The van der Waals surface area contributed by atoms with Crippen molar-refractivity contribution in [2.45, 2.75) is 6.92 Å². The molecular formula is C22H14O6. The highest BCUT2D eigenvalue weighted by atomic mass is 16.5. The Kier molecular flexibility index (Phi) is 4.16. The molecule has 2 aromatic rings. The minimum atomic E-state index is -0.233. The summed E-state index contributed by atoms with van der Waals surface area (Å²) in [5.74, 6) is 0.424. The summed E-state index contributed by atoms with van der Waals surface area (Å²) in [5.41, 5.74) is 2.27. The zero-order valence-electron chi connectivity index (χ0n) is 14.8. The zero-order valence-corrected chi connectivity index (χ0v) is 14.8. The van der Waals surface area contributed by atoms with Gasteiger partial charge in [-0.2, -0.15) is 0 Å². The molecule has 2 aromatic carbocycles. The third kappa shape index (κ3) is 2.91. The fourth-order valence-electron chi connectivity index (χ4n) is 3.25. The number of ketones is 1. The van der Waals surface area contributed by atoms with Crippen LogP contribution in [0, 0.1) is 0 Å². The number of hydrogen-bond acceptors (Lipinski definition) is 6. The molecule has 0 aromatic heterocycles. The zero-order chi connectivity index (χ0) is 19.8. The lowest BCUT2D eigenvalue weighted by atomic mass is 9.91. The van der Waals surface area contributed by atoms with E-state index in [0.717, 1.165) is 0 Å². The van der Waals surface area contributed by atoms with Crippen LogP contribution in [0.15, 0.2) is 63.8 Å². The molecule has 0 fully saturated rings. The summed E-state index contributed by atoms with van der Waals surface area (Å²) in [7, 11) is 0. The van der Waals surface area contributed by atoms with Crippen molar-refractivity contribution in [1.29, 1.82) is 0 Å². The molecule has 0 bridgehead atoms. The van der Waals surface area contributed by atoms with E-state index in [1.807, 2.05) is 0 Å². The molecule has 0 saturated heterocycles. The van der Waals surface area contributed by atoms with E-state index in [9.17, 15) is 19.5 Å². The van der Waals surface area contributed by atoms with E-state index < -0.39 is 0 Å². The van der Waals surface area contributed by atoms with Crippen LogP contribution in [0.4, 0.5) is 0 Å². The summed E-state index contributed by atoms with van der Waals surface area (Å²) in [6, 6.07) is 13.7. The Morgan fingerprint density at radius 3 is 2.61 bits per heavy atom. The number of rotatable bonds is 4. The maximum absolute atomic E-state index is 11.9. The van der Waals surface area contributed by atoms with Crippen LogP contribution in [0.2, 0.25) is 0 Å². The number of phenolic OH excluding ortho intramolecular Hbond substituents is 1. The molecule has 6 nitrogen and oxygen atoms in total. The highest BCUT2D eigenvalue weighted by Crippen LogP contribution is 2.44. The van der Waals surface area contributed by atoms with E-state index in [0.29, 0.717) is 45.5 Å². The Balaban J connectivity index is 2.18. The van der Waals surface area contributed by atoms with Crippen LogP contribution in [0.1, 0.15) is 17.3 Å². The van der Waals surface area contributed by atoms with Crippen molar-refractivity contribution in [3.63, 3.8) is 0 Å². The summed E-state index contributed by atoms with van der Waals surface area (Å²) in [6.45, 7) is 1.75. The fraction of sp³-hybridized carbons (Fsp3) is 0.0455. The maximum Gasteiger partial charge on any atom is 0.298 e. The molecule has 1 heterocycles. The molecule has 2 aliphatic rings. The van der Waals surface area contributed by atoms with E-state index in [1.165, 1.54) is 31.2 Å². The predicted molar refractivity (Wildman–Crippen MR) is 103 cm³/mol. The lowest BCUT2D eigenvalue weighted by molar-refractivity contribution is -0.120. The van der Waals surface area contributed by atoms with E-state index in [-0.39, 0.29) is 22.7 Å². The Morgan fingerprint density at radius 2 is 1.86 bits per heavy atom. The standard InChI is InChI=1S/C22H14O6/c1-12(24)13-2-7-19(27-11-23)18(8-13)22-16-5-3-14(25)9-20(16)28-21-10-15(26)4-6-17(21)22/h2-11,25H,1H3. The third-order valence-corrected chi connectivity index (χ3v) is 4.51. The molecule has 138 valence electrons. The summed E-state index contributed by atoms with van der Waals surface area (Å²) in [4.78, 5) is 34.7. The molecule has 4 rings (SSSR count). The largest absolute Gasteiger partial charge is 0.508 e. The minimum Gasteiger partial charge on any atom is -0.508 e. The van der Waals surface area contributed by atoms with Gasteiger partial charge in [0.15, 0.2) is 11.2 Å². The summed E-state index contributed by atoms with van der Waals surface area (Å²) >= 11 is 0. The molecule has 0 saturated carbocycles. The third-order valence-electron chi connectivity index (χ3n) is 4.51. The van der Waals surface area contributed by atoms with Gasteiger partial charge >= 0.3 is 0 Å². The number of aromatic hydroxyl groups is 1. The molecule has 0 unspecified atom stereocenters. The molecule has 6 heteroatoms. The van der Waals surface area contributed by atoms with Gasteiger partial charge in [-0.3, -0.25) is 14.4 Å². The molecule has 0 atom stereocenters. The van der Waals surface area contributed by atoms with Crippen molar-refractivity contribution in [1.82, 2.24) is 0 Å². The van der Waals surface area contributed by atoms with Crippen molar-refractivity contribution in [3.8, 4) is 33.9 Å². The summed E-state index contributed by atoms with van der Waals surface area (Å²) < 4.78 is 10.9. The van der Waals surface area contributed by atoms with Gasteiger partial charge in [0.2, 0.25) is 0 Å². The van der Waals surface area contributed by atoms with E-state index in [2.05, 4.69) is 0 Å². The number of fused-ring (bicyclic) bond motifs is 2. The Labute approximate surface area is 158 Å². The smallest absolute Gasteiger partial charge is 0.298 e. The maximum atomic E-state index is 11.9. The van der Waals surface area contributed by atoms with Gasteiger partial charge < -0.3 is 14.3 Å². The number of ether oxygens (including phenoxy) is 1. The van der Waals surface area contributed by atoms with Crippen LogP contribution >= 0.6 is 0 Å². The van der Waals surface area contributed by atoms with Gasteiger partial charge in [0.25, 0.3) is 6.47 Å². The van der Waals surface area contributed by atoms with Gasteiger partial charge in [-0.1, -0.05) is 0 Å². The van der Waals surface area contributed by atoms with Crippen LogP contribution in [-0.2, 0) is 4.79 Å². The summed E-state index contributed by atoms with van der Waals surface area (Å²) in [5, 5.41) is 10.5. The molecule has 0 spiro atoms. The Morgan fingerprint density at radius 1 is 1.04 bits per heavy atom. The first kappa shape index (κ1) is 17.5. The Bertz CT molecular complexity index is 1270. The van der Waals surface area contributed by atoms with E-state index >= 15 is 0 Å². The number of benzene rings is 3. The first-order chi connectivity index (χ1) is 13.5. The van der Waals surface area contributed by atoms with Gasteiger partial charge in [0.05, 0.1) is 0 Å². The first-order valence-corrected chi connectivity index (χ1v) is 8.43. The van der Waals surface area contributed by atoms with Crippen LogP contribution in [0.25, 0.3) is 33.4 Å². The Hall–Kier alpha value is -3.93. The van der Waals surface area contributed by atoms with Gasteiger partial charge in [-0.05, 0) is 49.4 Å². The molecule has 0 radical (unpaired) electrons. The predicted octanol–water partition coefficient (Wildman–Crippen LogP) is 4.01. The number of carbonyl (C=O) groups excluding carboxylic acids is 2. The van der Waals surface area contributed by atoms with Crippen LogP contribution in [0.3, 0.4) is 0 Å². The highest BCUT2D eigenvalue weighted by molar-refractivity contribution is 6.05. The van der Waals surface area contributed by atoms with Crippen LogP contribution < -0.4 is 10.2 Å². The number of phenols is 1. The van der Waals surface area contributed by atoms with Crippen LogP contribution in [0.5, 0.6) is 11.5 Å². The highest BCUT2D eigenvalue weighted by Gasteiger charge is 2.21. The number of Topliss-reactive ketones (excluding diaryl/α,β-unsaturated/α-hetero) is 1. The molecular weight excluding hydrogens is 360 g/mol. The number of carbonyl (C=O) groups is 2. The number of hydrogen-bond donors (Lipinski definition) is 1. The fourth-order valence-corrected chi connectivity index (χ4v) is 3.25. The van der Waals surface area contributed by atoms with Crippen molar-refractivity contribution in [2.24, 2.45) is 0 Å². The minimum absolute atomic E-state index is 0.00156. The second-order valence-corrected chi connectivity index (χ2v) is 6.30. The second-order valence-electron chi connectivity index (χ2n) is 6.30. The van der Waals surface area contributed by atoms with Gasteiger partial charge in [-0.25, -0.2) is 0 Å². The van der Waals surface area contributed by atoms with Gasteiger partial charge in [-0.15, -0.1) is 0 Å². The molecule has 28 heavy (non-hydrogen) atoms. The van der Waals surface area contributed by atoms with Crippen molar-refractivity contribution >= 4 is 23.2 Å². The van der Waals surface area contributed by atoms with Crippen LogP contribution in [-0.4, -0.2) is 17.4 Å². The molecule has 1 aliphatic carbocycles. The van der Waals surface area contributed by atoms with Crippen molar-refractivity contribution < 1.29 is 23.8 Å². The van der Waals surface area contributed by atoms with E-state index in [4.69, 9.17) is 9.15 Å². The first-order valence-electron chi connectivity index (χ1n) is 8.43. The topological polar surface area (TPSA) is 93.8 Å².